The van der Waals surface area contributed by atoms with Gasteiger partial charge in [0.05, 0.1) is 19.1 Å². The molecule has 1 atom stereocenters. The van der Waals surface area contributed by atoms with Crippen LogP contribution in [0.1, 0.15) is 5.56 Å². The van der Waals surface area contributed by atoms with Gasteiger partial charge < -0.3 is 9.84 Å². The lowest BCUT2D eigenvalue weighted by atomic mass is 10.1. The van der Waals surface area contributed by atoms with Crippen molar-refractivity contribution in [1.29, 1.82) is 0 Å². The third kappa shape index (κ3) is 2.70. The first kappa shape index (κ1) is 9.99. The van der Waals surface area contributed by atoms with Gasteiger partial charge in [0.1, 0.15) is 5.76 Å². The maximum absolute atomic E-state index is 9.40. The Hall–Kier alpha value is -1.54. The minimum absolute atomic E-state index is 0.0358. The standard InChI is InChI=1S/C13H14O2/c14-13-8-4-7-12(13)10-15-9-11-5-2-1-3-6-11/h1-8,12,14H,9-10H2/t12-/m1/s1. The molecule has 1 aliphatic rings. The van der Waals surface area contributed by atoms with Crippen molar-refractivity contribution in [3.8, 4) is 0 Å². The van der Waals surface area contributed by atoms with Crippen LogP contribution in [0.15, 0.2) is 54.3 Å². The van der Waals surface area contributed by atoms with Gasteiger partial charge in [-0.15, -0.1) is 0 Å². The maximum Gasteiger partial charge on any atom is 0.101 e. The Morgan fingerprint density at radius 1 is 1.20 bits per heavy atom. The number of hydrogen-bond acceptors (Lipinski definition) is 2. The SMILES string of the molecule is OC1=CC=C[C@@H]1COCc1ccccc1. The van der Waals surface area contributed by atoms with Gasteiger partial charge in [-0.1, -0.05) is 42.5 Å². The molecule has 1 N–H and O–H groups in total. The molecule has 1 aromatic carbocycles. The number of rotatable bonds is 4. The Morgan fingerprint density at radius 2 is 2.00 bits per heavy atom. The van der Waals surface area contributed by atoms with E-state index in [-0.39, 0.29) is 5.92 Å². The third-order valence-electron chi connectivity index (χ3n) is 2.40. The highest BCUT2D eigenvalue weighted by Crippen LogP contribution is 2.17. The zero-order valence-corrected chi connectivity index (χ0v) is 8.47. The quantitative estimate of drug-likeness (QED) is 0.813. The van der Waals surface area contributed by atoms with Crippen LogP contribution in [0.4, 0.5) is 0 Å². The molecule has 0 fully saturated rings. The number of ether oxygens (including phenoxy) is 1. The summed E-state index contributed by atoms with van der Waals surface area (Å²) in [6.45, 7) is 1.13. The summed E-state index contributed by atoms with van der Waals surface area (Å²) < 4.78 is 5.52. The fraction of sp³-hybridized carbons (Fsp3) is 0.231. The van der Waals surface area contributed by atoms with Gasteiger partial charge in [-0.2, -0.15) is 0 Å². The molecule has 2 rings (SSSR count). The predicted molar refractivity (Wildman–Crippen MR) is 59.4 cm³/mol. The predicted octanol–water partition coefficient (Wildman–Crippen LogP) is 2.83. The molecule has 15 heavy (non-hydrogen) atoms. The number of aliphatic hydroxyl groups excluding tert-OH is 1. The lowest BCUT2D eigenvalue weighted by Gasteiger charge is -2.09. The van der Waals surface area contributed by atoms with Crippen LogP contribution in [-0.2, 0) is 11.3 Å². The van der Waals surface area contributed by atoms with Gasteiger partial charge in [0, 0.05) is 0 Å². The summed E-state index contributed by atoms with van der Waals surface area (Å²) in [6, 6.07) is 10.0. The van der Waals surface area contributed by atoms with Crippen LogP contribution in [0.3, 0.4) is 0 Å². The van der Waals surface area contributed by atoms with E-state index >= 15 is 0 Å². The number of aliphatic hydroxyl groups is 1. The van der Waals surface area contributed by atoms with Gasteiger partial charge in [0.2, 0.25) is 0 Å². The van der Waals surface area contributed by atoms with E-state index in [4.69, 9.17) is 4.74 Å². The van der Waals surface area contributed by atoms with Gasteiger partial charge in [-0.05, 0) is 11.6 Å². The third-order valence-corrected chi connectivity index (χ3v) is 2.40. The van der Waals surface area contributed by atoms with Crippen LogP contribution in [0.5, 0.6) is 0 Å². The van der Waals surface area contributed by atoms with Crippen LogP contribution in [0.25, 0.3) is 0 Å². The highest BCUT2D eigenvalue weighted by atomic mass is 16.5. The molecule has 0 heterocycles. The first-order valence-corrected chi connectivity index (χ1v) is 5.05. The Morgan fingerprint density at radius 3 is 2.67 bits per heavy atom. The lowest BCUT2D eigenvalue weighted by Crippen LogP contribution is -2.07. The smallest absolute Gasteiger partial charge is 0.101 e. The number of hydrogen-bond donors (Lipinski definition) is 1. The van der Waals surface area contributed by atoms with E-state index in [2.05, 4.69) is 0 Å². The number of allylic oxidation sites excluding steroid dienone is 2. The van der Waals surface area contributed by atoms with Crippen LogP contribution >= 0.6 is 0 Å². The molecule has 0 aliphatic heterocycles. The zero-order chi connectivity index (χ0) is 10.5. The topological polar surface area (TPSA) is 29.5 Å². The van der Waals surface area contributed by atoms with Crippen molar-refractivity contribution in [2.24, 2.45) is 5.92 Å². The summed E-state index contributed by atoms with van der Waals surface area (Å²) in [5, 5.41) is 9.40. The molecule has 1 aromatic rings. The van der Waals surface area contributed by atoms with E-state index in [1.165, 1.54) is 0 Å². The summed E-state index contributed by atoms with van der Waals surface area (Å²) in [7, 11) is 0. The Balaban J connectivity index is 1.76. The van der Waals surface area contributed by atoms with E-state index in [0.717, 1.165) is 5.56 Å². The van der Waals surface area contributed by atoms with Crippen molar-refractivity contribution >= 4 is 0 Å². The van der Waals surface area contributed by atoms with Gasteiger partial charge >= 0.3 is 0 Å². The second-order valence-corrected chi connectivity index (χ2v) is 3.58. The van der Waals surface area contributed by atoms with Gasteiger partial charge in [-0.25, -0.2) is 0 Å². The van der Waals surface area contributed by atoms with Gasteiger partial charge in [0.25, 0.3) is 0 Å². The normalized spacial score (nSPS) is 19.2. The molecule has 2 nitrogen and oxygen atoms in total. The average Bonchev–Trinajstić information content (AvgIpc) is 2.66. The van der Waals surface area contributed by atoms with E-state index < -0.39 is 0 Å². The molecule has 0 saturated carbocycles. The van der Waals surface area contributed by atoms with Crippen LogP contribution in [0.2, 0.25) is 0 Å². The minimum Gasteiger partial charge on any atom is -0.512 e. The Kier molecular flexibility index (Phi) is 3.20. The molecule has 0 bridgehead atoms. The summed E-state index contributed by atoms with van der Waals surface area (Å²) in [4.78, 5) is 0. The summed E-state index contributed by atoms with van der Waals surface area (Å²) in [5.74, 6) is 0.428. The molecule has 0 unspecified atom stereocenters. The zero-order valence-electron chi connectivity index (χ0n) is 8.47. The molecule has 0 aromatic heterocycles. The van der Waals surface area contributed by atoms with Crippen LogP contribution in [-0.4, -0.2) is 11.7 Å². The Bertz CT molecular complexity index is 365. The monoisotopic (exact) mass is 202 g/mol. The molecule has 0 spiro atoms. The first-order valence-electron chi connectivity index (χ1n) is 5.05. The van der Waals surface area contributed by atoms with Crippen molar-refractivity contribution in [3.05, 3.63) is 59.9 Å². The van der Waals surface area contributed by atoms with Crippen LogP contribution < -0.4 is 0 Å². The molecular formula is C13H14O2. The summed E-state index contributed by atoms with van der Waals surface area (Å²) in [6.07, 6.45) is 5.50. The van der Waals surface area contributed by atoms with E-state index in [1.807, 2.05) is 42.5 Å². The van der Waals surface area contributed by atoms with Crippen molar-refractivity contribution in [3.63, 3.8) is 0 Å². The largest absolute Gasteiger partial charge is 0.512 e. The minimum atomic E-state index is 0.0358. The number of benzene rings is 1. The van der Waals surface area contributed by atoms with Crippen molar-refractivity contribution in [1.82, 2.24) is 0 Å². The molecular weight excluding hydrogens is 188 g/mol. The van der Waals surface area contributed by atoms with Gasteiger partial charge in [0.15, 0.2) is 0 Å². The molecule has 78 valence electrons. The van der Waals surface area contributed by atoms with Crippen molar-refractivity contribution in [2.45, 2.75) is 6.61 Å². The first-order chi connectivity index (χ1) is 7.36. The average molecular weight is 202 g/mol. The second-order valence-electron chi connectivity index (χ2n) is 3.58. The summed E-state index contributed by atoms with van der Waals surface area (Å²) >= 11 is 0. The van der Waals surface area contributed by atoms with Crippen LogP contribution in [0, 0.1) is 5.92 Å². The molecule has 0 radical (unpaired) electrons. The molecule has 0 saturated heterocycles. The Labute approximate surface area is 89.5 Å². The van der Waals surface area contributed by atoms with Crippen molar-refractivity contribution < 1.29 is 9.84 Å². The maximum atomic E-state index is 9.40. The fourth-order valence-corrected chi connectivity index (χ4v) is 1.53. The second kappa shape index (κ2) is 4.80. The highest BCUT2D eigenvalue weighted by Gasteiger charge is 2.13. The highest BCUT2D eigenvalue weighted by molar-refractivity contribution is 5.22. The fourth-order valence-electron chi connectivity index (χ4n) is 1.53. The molecule has 2 heteroatoms. The summed E-state index contributed by atoms with van der Waals surface area (Å²) in [5.41, 5.74) is 1.16. The molecule has 1 aliphatic carbocycles. The van der Waals surface area contributed by atoms with Crippen molar-refractivity contribution in [2.75, 3.05) is 6.61 Å². The van der Waals surface area contributed by atoms with E-state index in [0.29, 0.717) is 19.0 Å². The lowest BCUT2D eigenvalue weighted by molar-refractivity contribution is 0.0976. The van der Waals surface area contributed by atoms with E-state index in [1.54, 1.807) is 6.08 Å². The molecule has 0 amide bonds. The van der Waals surface area contributed by atoms with E-state index in [9.17, 15) is 5.11 Å². The van der Waals surface area contributed by atoms with Gasteiger partial charge in [-0.3, -0.25) is 0 Å².